The summed E-state index contributed by atoms with van der Waals surface area (Å²) >= 11 is 21.2. The number of esters is 2. The number of hydrogen-bond donors (Lipinski definition) is 0. The molecule has 108 valence electrons. The third kappa shape index (κ3) is 3.15. The first-order valence-corrected chi connectivity index (χ1v) is 6.46. The molecule has 0 N–H and O–H groups in total. The van der Waals surface area contributed by atoms with E-state index in [-0.39, 0.29) is 20.1 Å². The Morgan fingerprint density at radius 1 is 0.800 bits per heavy atom. The highest BCUT2D eigenvalue weighted by atomic mass is 35.5. The summed E-state index contributed by atoms with van der Waals surface area (Å²) in [6.45, 7) is 1.97. The second kappa shape index (κ2) is 6.58. The maximum absolute atomic E-state index is 11.0. The molecule has 0 aromatic heterocycles. The van der Waals surface area contributed by atoms with Crippen molar-refractivity contribution >= 4 is 70.2 Å². The summed E-state index contributed by atoms with van der Waals surface area (Å²) < 4.78 is 3.97. The van der Waals surface area contributed by atoms with Crippen LogP contribution in [0.2, 0.25) is 0 Å². The topological polar surface area (TPSA) is 80.8 Å². The number of halogens is 4. The molecule has 6 nitrogen and oxygen atoms in total. The van der Waals surface area contributed by atoms with Crippen LogP contribution in [0, 0.1) is 0 Å². The van der Waals surface area contributed by atoms with Crippen molar-refractivity contribution in [2.75, 3.05) is 6.54 Å². The maximum Gasteiger partial charge on any atom is 0.359 e. The Balaban J connectivity index is 0.000000204. The van der Waals surface area contributed by atoms with Gasteiger partial charge in [-0.15, -0.1) is 0 Å². The molecule has 2 rings (SSSR count). The SMILES string of the molecule is CCN1C(=O)C(Cl)=C(Cl)C1=O.O=C1OC(=O)C(Cl)=C1Cl. The smallest absolute Gasteiger partial charge is 0.359 e. The van der Waals surface area contributed by atoms with Crippen LogP contribution in [0.5, 0.6) is 0 Å². The number of amides is 2. The van der Waals surface area contributed by atoms with Crippen molar-refractivity contribution in [2.45, 2.75) is 6.92 Å². The normalized spacial score (nSPS) is 18.8. The molecule has 0 bridgehead atoms. The summed E-state index contributed by atoms with van der Waals surface area (Å²) in [5, 5.41) is -1.06. The van der Waals surface area contributed by atoms with E-state index in [1.54, 1.807) is 6.92 Å². The van der Waals surface area contributed by atoms with Gasteiger partial charge in [0.05, 0.1) is 0 Å². The van der Waals surface area contributed by atoms with Gasteiger partial charge in [0.15, 0.2) is 10.1 Å². The molecule has 10 heteroatoms. The van der Waals surface area contributed by atoms with Crippen LogP contribution in [-0.2, 0) is 23.9 Å². The number of carbonyl (C=O) groups is 4. The molecule has 20 heavy (non-hydrogen) atoms. The number of cyclic esters (lactones) is 2. The molecule has 0 radical (unpaired) electrons. The van der Waals surface area contributed by atoms with E-state index in [1.807, 2.05) is 0 Å². The fourth-order valence-electron chi connectivity index (χ4n) is 1.16. The third-order valence-corrected chi connectivity index (χ3v) is 3.69. The largest absolute Gasteiger partial charge is 0.384 e. The molecule has 0 aromatic carbocycles. The molecule has 0 aromatic rings. The van der Waals surface area contributed by atoms with Gasteiger partial charge in [-0.05, 0) is 6.92 Å². The molecular formula is C10H5Cl4NO5. The Labute approximate surface area is 132 Å². The van der Waals surface area contributed by atoms with E-state index in [0.717, 1.165) is 4.90 Å². The van der Waals surface area contributed by atoms with Gasteiger partial charge in [-0.1, -0.05) is 46.4 Å². The zero-order valence-corrected chi connectivity index (χ0v) is 12.7. The van der Waals surface area contributed by atoms with Gasteiger partial charge in [0.25, 0.3) is 11.8 Å². The predicted molar refractivity (Wildman–Crippen MR) is 71.0 cm³/mol. The molecule has 0 fully saturated rings. The van der Waals surface area contributed by atoms with Gasteiger partial charge in [0.2, 0.25) is 0 Å². The number of nitrogens with zero attached hydrogens (tertiary/aromatic N) is 1. The van der Waals surface area contributed by atoms with Crippen LogP contribution in [-0.4, -0.2) is 35.2 Å². The van der Waals surface area contributed by atoms with Gasteiger partial charge in [0.1, 0.15) is 10.1 Å². The van der Waals surface area contributed by atoms with E-state index in [9.17, 15) is 19.2 Å². The summed E-state index contributed by atoms with van der Waals surface area (Å²) in [7, 11) is 0. The van der Waals surface area contributed by atoms with Gasteiger partial charge in [-0.3, -0.25) is 14.5 Å². The number of likely N-dealkylation sites (N-methyl/N-ethyl adjacent to an activating group) is 1. The van der Waals surface area contributed by atoms with Gasteiger partial charge >= 0.3 is 11.9 Å². The first-order valence-electron chi connectivity index (χ1n) is 4.95. The van der Waals surface area contributed by atoms with Crippen molar-refractivity contribution in [1.29, 1.82) is 0 Å². The highest BCUT2D eigenvalue weighted by molar-refractivity contribution is 6.58. The van der Waals surface area contributed by atoms with E-state index in [2.05, 4.69) is 4.74 Å². The Morgan fingerprint density at radius 2 is 1.15 bits per heavy atom. The minimum Gasteiger partial charge on any atom is -0.384 e. The van der Waals surface area contributed by atoms with Crippen LogP contribution in [0.3, 0.4) is 0 Å². The first-order chi connectivity index (χ1) is 9.22. The van der Waals surface area contributed by atoms with Crippen LogP contribution in [0.15, 0.2) is 20.1 Å². The summed E-state index contributed by atoms with van der Waals surface area (Å²) in [6, 6.07) is 0. The lowest BCUT2D eigenvalue weighted by Gasteiger charge is -2.08. The number of ether oxygens (including phenoxy) is 1. The molecule has 0 aliphatic carbocycles. The van der Waals surface area contributed by atoms with Crippen LogP contribution in [0.4, 0.5) is 0 Å². The van der Waals surface area contributed by atoms with Crippen molar-refractivity contribution in [3.8, 4) is 0 Å². The minimum atomic E-state index is -0.883. The predicted octanol–water partition coefficient (Wildman–Crippen LogP) is 1.82. The van der Waals surface area contributed by atoms with Crippen molar-refractivity contribution in [1.82, 2.24) is 4.90 Å². The second-order valence-corrected chi connectivity index (χ2v) is 4.80. The third-order valence-electron chi connectivity index (χ3n) is 2.11. The molecule has 0 spiro atoms. The fourth-order valence-corrected chi connectivity index (χ4v) is 1.75. The Bertz CT molecular complexity index is 534. The van der Waals surface area contributed by atoms with E-state index >= 15 is 0 Å². The monoisotopic (exact) mass is 359 g/mol. The molecule has 2 aliphatic heterocycles. The minimum absolute atomic E-state index is 0.182. The zero-order valence-electron chi connectivity index (χ0n) is 9.71. The summed E-state index contributed by atoms with van der Waals surface area (Å²) in [6.07, 6.45) is 0. The van der Waals surface area contributed by atoms with Gasteiger partial charge in [-0.2, -0.15) is 0 Å². The fraction of sp³-hybridized carbons (Fsp3) is 0.200. The Hall–Kier alpha value is -1.08. The van der Waals surface area contributed by atoms with Crippen molar-refractivity contribution in [2.24, 2.45) is 0 Å². The molecule has 0 saturated carbocycles. The van der Waals surface area contributed by atoms with E-state index in [4.69, 9.17) is 46.4 Å². The van der Waals surface area contributed by atoms with Crippen molar-refractivity contribution < 1.29 is 23.9 Å². The molecule has 2 aliphatic rings. The molecule has 2 heterocycles. The van der Waals surface area contributed by atoms with Crippen LogP contribution in [0.1, 0.15) is 6.92 Å². The van der Waals surface area contributed by atoms with Crippen molar-refractivity contribution in [3.05, 3.63) is 20.1 Å². The van der Waals surface area contributed by atoms with Gasteiger partial charge < -0.3 is 4.74 Å². The van der Waals surface area contributed by atoms with E-state index in [0.29, 0.717) is 6.54 Å². The van der Waals surface area contributed by atoms with Crippen LogP contribution >= 0.6 is 46.4 Å². The van der Waals surface area contributed by atoms with E-state index < -0.39 is 23.8 Å². The number of rotatable bonds is 1. The van der Waals surface area contributed by atoms with E-state index in [1.165, 1.54) is 0 Å². The van der Waals surface area contributed by atoms with Gasteiger partial charge in [-0.25, -0.2) is 9.59 Å². The average Bonchev–Trinajstić information content (AvgIpc) is 2.74. The molecular weight excluding hydrogens is 356 g/mol. The number of carbonyl (C=O) groups excluding carboxylic acids is 4. The van der Waals surface area contributed by atoms with Crippen LogP contribution < -0.4 is 0 Å². The van der Waals surface area contributed by atoms with Gasteiger partial charge in [0, 0.05) is 6.54 Å². The summed E-state index contributed by atoms with van der Waals surface area (Å²) in [4.78, 5) is 43.5. The number of imide groups is 1. The second-order valence-electron chi connectivity index (χ2n) is 3.29. The highest BCUT2D eigenvalue weighted by Gasteiger charge is 2.35. The summed E-state index contributed by atoms with van der Waals surface area (Å²) in [5.74, 6) is -2.79. The highest BCUT2D eigenvalue weighted by Crippen LogP contribution is 2.26. The molecule has 2 amide bonds. The average molecular weight is 361 g/mol. The Kier molecular flexibility index (Phi) is 5.59. The number of hydrogen-bond acceptors (Lipinski definition) is 5. The quantitative estimate of drug-likeness (QED) is 0.405. The molecule has 0 unspecified atom stereocenters. The first kappa shape index (κ1) is 17.0. The lowest BCUT2D eigenvalue weighted by molar-refractivity contribution is -0.150. The zero-order chi connectivity index (χ0) is 15.6. The summed E-state index contributed by atoms with van der Waals surface area (Å²) in [5.41, 5.74) is 0. The standard InChI is InChI=1S/C6H5Cl2NO2.C4Cl2O3/c1-2-9-5(10)3(7)4(8)6(9)11;5-1-2(6)4(8)9-3(1)7/h2H2,1H3;. The van der Waals surface area contributed by atoms with Crippen LogP contribution in [0.25, 0.3) is 0 Å². The lowest BCUT2D eigenvalue weighted by Crippen LogP contribution is -2.30. The Morgan fingerprint density at radius 3 is 1.30 bits per heavy atom. The molecule has 0 atom stereocenters. The lowest BCUT2D eigenvalue weighted by atomic mass is 10.5. The molecule has 0 saturated heterocycles. The maximum atomic E-state index is 11.0. The van der Waals surface area contributed by atoms with Crippen molar-refractivity contribution in [3.63, 3.8) is 0 Å².